The molecule has 1 rings (SSSR count). The molecule has 4 heteroatoms. The predicted molar refractivity (Wildman–Crippen MR) is 58.6 cm³/mol. The van der Waals surface area contributed by atoms with Gasteiger partial charge >= 0.3 is 0 Å². The molecule has 0 unspecified atom stereocenters. The molecule has 1 aliphatic rings. The molecule has 0 aromatic carbocycles. The molecule has 1 saturated heterocycles. The third kappa shape index (κ3) is 3.68. The Hall–Kier alpha value is -0.540. The van der Waals surface area contributed by atoms with Crippen molar-refractivity contribution in [1.82, 2.24) is 9.80 Å². The van der Waals surface area contributed by atoms with Gasteiger partial charge in [0, 0.05) is 45.5 Å². The van der Waals surface area contributed by atoms with E-state index in [-0.39, 0.29) is 5.91 Å². The highest BCUT2D eigenvalue weighted by Gasteiger charge is 2.16. The van der Waals surface area contributed by atoms with Gasteiger partial charge in [-0.15, -0.1) is 11.6 Å². The molecule has 1 heterocycles. The van der Waals surface area contributed by atoms with E-state index in [9.17, 15) is 4.79 Å². The molecule has 1 amide bonds. The van der Waals surface area contributed by atoms with Gasteiger partial charge in [0.2, 0.25) is 5.91 Å². The van der Waals surface area contributed by atoms with Crippen molar-refractivity contribution in [3.05, 3.63) is 12.2 Å². The second kappa shape index (κ2) is 6.04. The number of amides is 1. The number of allylic oxidation sites excluding steroid dienone is 1. The molecule has 0 saturated carbocycles. The van der Waals surface area contributed by atoms with Crippen LogP contribution >= 0.6 is 11.6 Å². The lowest BCUT2D eigenvalue weighted by Gasteiger charge is -2.33. The zero-order chi connectivity index (χ0) is 10.4. The first-order valence-electron chi connectivity index (χ1n) is 4.93. The van der Waals surface area contributed by atoms with Crippen LogP contribution in [0.1, 0.15) is 6.92 Å². The average molecular weight is 217 g/mol. The summed E-state index contributed by atoms with van der Waals surface area (Å²) in [5, 5.41) is 0. The van der Waals surface area contributed by atoms with Crippen molar-refractivity contribution in [2.75, 3.05) is 38.6 Å². The van der Waals surface area contributed by atoms with Crippen LogP contribution in [-0.2, 0) is 4.79 Å². The van der Waals surface area contributed by atoms with Gasteiger partial charge in [0.05, 0.1) is 0 Å². The quantitative estimate of drug-likeness (QED) is 0.518. The van der Waals surface area contributed by atoms with Crippen LogP contribution in [0.4, 0.5) is 0 Å². The van der Waals surface area contributed by atoms with Crippen LogP contribution in [0.5, 0.6) is 0 Å². The number of hydrogen-bond donors (Lipinski definition) is 0. The minimum atomic E-state index is 0.181. The lowest BCUT2D eigenvalue weighted by molar-refractivity contribution is -0.130. The molecule has 1 fully saturated rings. The van der Waals surface area contributed by atoms with Crippen molar-refractivity contribution in [3.8, 4) is 0 Å². The summed E-state index contributed by atoms with van der Waals surface area (Å²) in [5.41, 5.74) is 0. The first kappa shape index (κ1) is 11.5. The molecule has 0 aromatic heterocycles. The summed E-state index contributed by atoms with van der Waals surface area (Å²) in [7, 11) is 0. The van der Waals surface area contributed by atoms with E-state index in [1.165, 1.54) is 0 Å². The van der Waals surface area contributed by atoms with Gasteiger partial charge in [0.15, 0.2) is 0 Å². The molecule has 0 spiro atoms. The first-order valence-corrected chi connectivity index (χ1v) is 5.46. The van der Waals surface area contributed by atoms with Gasteiger partial charge < -0.3 is 4.90 Å². The smallest absolute Gasteiger partial charge is 0.219 e. The van der Waals surface area contributed by atoms with E-state index in [0.717, 1.165) is 32.7 Å². The first-order chi connectivity index (χ1) is 6.74. The molecule has 0 radical (unpaired) electrons. The molecule has 0 N–H and O–H groups in total. The molecule has 0 bridgehead atoms. The van der Waals surface area contributed by atoms with Crippen LogP contribution in [-0.4, -0.2) is 54.3 Å². The van der Waals surface area contributed by atoms with Gasteiger partial charge in [-0.05, 0) is 0 Å². The summed E-state index contributed by atoms with van der Waals surface area (Å²) in [4.78, 5) is 15.3. The van der Waals surface area contributed by atoms with Crippen molar-refractivity contribution in [2.45, 2.75) is 6.92 Å². The van der Waals surface area contributed by atoms with E-state index in [1.807, 2.05) is 11.0 Å². The Labute approximate surface area is 90.3 Å². The molecular formula is C10H17ClN2O. The van der Waals surface area contributed by atoms with Gasteiger partial charge in [-0.2, -0.15) is 0 Å². The average Bonchev–Trinajstić information content (AvgIpc) is 2.19. The lowest BCUT2D eigenvalue weighted by atomic mass is 10.3. The summed E-state index contributed by atoms with van der Waals surface area (Å²) < 4.78 is 0. The fraction of sp³-hybridized carbons (Fsp3) is 0.700. The second-order valence-corrected chi connectivity index (χ2v) is 3.74. The number of alkyl halides is 1. The largest absolute Gasteiger partial charge is 0.340 e. The van der Waals surface area contributed by atoms with E-state index >= 15 is 0 Å². The SMILES string of the molecule is CC(=O)N1CCN(CC=CCCl)CC1. The number of rotatable bonds is 3. The number of nitrogens with zero attached hydrogens (tertiary/aromatic N) is 2. The summed E-state index contributed by atoms with van der Waals surface area (Å²) in [6, 6.07) is 0. The van der Waals surface area contributed by atoms with Gasteiger partial charge in [-0.25, -0.2) is 0 Å². The van der Waals surface area contributed by atoms with Gasteiger partial charge in [0.25, 0.3) is 0 Å². The maximum Gasteiger partial charge on any atom is 0.219 e. The highest BCUT2D eigenvalue weighted by Crippen LogP contribution is 2.01. The molecule has 3 nitrogen and oxygen atoms in total. The topological polar surface area (TPSA) is 23.6 Å². The van der Waals surface area contributed by atoms with Crippen LogP contribution in [0.3, 0.4) is 0 Å². The maximum atomic E-state index is 11.0. The van der Waals surface area contributed by atoms with Crippen molar-refractivity contribution >= 4 is 17.5 Å². The van der Waals surface area contributed by atoms with Gasteiger partial charge in [-0.1, -0.05) is 12.2 Å². The number of carbonyl (C=O) groups excluding carboxylic acids is 1. The number of hydrogen-bond acceptors (Lipinski definition) is 2. The molecule has 0 atom stereocenters. The Balaban J connectivity index is 2.22. The van der Waals surface area contributed by atoms with E-state index in [4.69, 9.17) is 11.6 Å². The van der Waals surface area contributed by atoms with E-state index in [2.05, 4.69) is 11.0 Å². The predicted octanol–water partition coefficient (Wildman–Crippen LogP) is 0.946. The Morgan fingerprint density at radius 3 is 2.43 bits per heavy atom. The highest BCUT2D eigenvalue weighted by atomic mass is 35.5. The highest BCUT2D eigenvalue weighted by molar-refractivity contribution is 6.18. The van der Waals surface area contributed by atoms with Crippen LogP contribution in [0.25, 0.3) is 0 Å². The fourth-order valence-electron chi connectivity index (χ4n) is 1.53. The zero-order valence-corrected chi connectivity index (χ0v) is 9.33. The minimum Gasteiger partial charge on any atom is -0.340 e. The van der Waals surface area contributed by atoms with E-state index in [1.54, 1.807) is 6.92 Å². The normalized spacial score (nSPS) is 19.1. The summed E-state index contributed by atoms with van der Waals surface area (Å²) >= 11 is 5.53. The van der Waals surface area contributed by atoms with Gasteiger partial charge in [0.1, 0.15) is 0 Å². The Morgan fingerprint density at radius 1 is 1.29 bits per heavy atom. The molecule has 1 aliphatic heterocycles. The Kier molecular flexibility index (Phi) is 4.98. The molecule has 0 aliphatic carbocycles. The molecular weight excluding hydrogens is 200 g/mol. The van der Waals surface area contributed by atoms with Crippen LogP contribution in [0.15, 0.2) is 12.2 Å². The number of carbonyl (C=O) groups is 1. The van der Waals surface area contributed by atoms with Crippen LogP contribution < -0.4 is 0 Å². The zero-order valence-electron chi connectivity index (χ0n) is 8.58. The molecule has 80 valence electrons. The maximum absolute atomic E-state index is 11.0. The minimum absolute atomic E-state index is 0.181. The summed E-state index contributed by atoms with van der Waals surface area (Å²) in [5.74, 6) is 0.758. The molecule has 0 aromatic rings. The van der Waals surface area contributed by atoms with Crippen molar-refractivity contribution in [1.29, 1.82) is 0 Å². The standard InChI is InChI=1S/C10H17ClN2O/c1-10(14)13-8-6-12(7-9-13)5-3-2-4-11/h2-3H,4-9H2,1H3. The summed E-state index contributed by atoms with van der Waals surface area (Å²) in [6.45, 7) is 6.20. The third-order valence-electron chi connectivity index (χ3n) is 2.44. The monoisotopic (exact) mass is 216 g/mol. The Morgan fingerprint density at radius 2 is 1.93 bits per heavy atom. The van der Waals surface area contributed by atoms with E-state index in [0.29, 0.717) is 5.88 Å². The van der Waals surface area contributed by atoms with Crippen molar-refractivity contribution < 1.29 is 4.79 Å². The van der Waals surface area contributed by atoms with Crippen LogP contribution in [0, 0.1) is 0 Å². The van der Waals surface area contributed by atoms with Gasteiger partial charge in [-0.3, -0.25) is 9.69 Å². The van der Waals surface area contributed by atoms with E-state index < -0.39 is 0 Å². The fourth-order valence-corrected chi connectivity index (χ4v) is 1.66. The number of halogens is 1. The summed E-state index contributed by atoms with van der Waals surface area (Å²) in [6.07, 6.45) is 4.04. The second-order valence-electron chi connectivity index (χ2n) is 3.43. The lowest BCUT2D eigenvalue weighted by Crippen LogP contribution is -2.47. The number of piperazine rings is 1. The third-order valence-corrected chi connectivity index (χ3v) is 2.62. The molecule has 14 heavy (non-hydrogen) atoms. The van der Waals surface area contributed by atoms with Crippen molar-refractivity contribution in [3.63, 3.8) is 0 Å². The van der Waals surface area contributed by atoms with Crippen LogP contribution in [0.2, 0.25) is 0 Å². The van der Waals surface area contributed by atoms with Crippen molar-refractivity contribution in [2.24, 2.45) is 0 Å². The Bertz CT molecular complexity index is 210.